The van der Waals surface area contributed by atoms with Gasteiger partial charge in [0.15, 0.2) is 5.82 Å². The van der Waals surface area contributed by atoms with Crippen molar-refractivity contribution in [1.29, 1.82) is 0 Å². The minimum Gasteiger partial charge on any atom is -0.456 e. The molecule has 0 saturated heterocycles. The van der Waals surface area contributed by atoms with Gasteiger partial charge in [0.25, 0.3) is 0 Å². The van der Waals surface area contributed by atoms with Crippen molar-refractivity contribution in [3.05, 3.63) is 140 Å². The number of hydrogen-bond donors (Lipinski definition) is 0. The molecule has 0 unspecified atom stereocenters. The molecule has 0 aliphatic carbocycles. The summed E-state index contributed by atoms with van der Waals surface area (Å²) in [5, 5.41) is 7.46. The molecule has 0 saturated carbocycles. The Morgan fingerprint density at radius 3 is 2.11 bits per heavy atom. The molecule has 0 bridgehead atoms. The zero-order chi connectivity index (χ0) is 31.3. The van der Waals surface area contributed by atoms with Gasteiger partial charge in [-0.2, -0.15) is 0 Å². The Morgan fingerprint density at radius 2 is 1.26 bits per heavy atom. The normalized spacial score (nSPS) is 13.5. The van der Waals surface area contributed by atoms with Gasteiger partial charge in [0.1, 0.15) is 19.2 Å². The molecule has 0 atom stereocenters. The monoisotopic (exact) mass is 619 g/mol. The van der Waals surface area contributed by atoms with E-state index < -0.39 is 8.07 Å². The van der Waals surface area contributed by atoms with Gasteiger partial charge >= 0.3 is 0 Å². The Kier molecular flexibility index (Phi) is 5.41. The molecule has 222 valence electrons. The lowest BCUT2D eigenvalue weighted by Crippen LogP contribution is -2.50. The smallest absolute Gasteiger partial charge is 0.160 e. The van der Waals surface area contributed by atoms with E-state index in [0.717, 1.165) is 56.0 Å². The number of hydrogen-bond acceptors (Lipinski definition) is 3. The highest BCUT2D eigenvalue weighted by atomic mass is 28.3. The molecule has 47 heavy (non-hydrogen) atoms. The Labute approximate surface area is 272 Å². The number of nitrogens with zero attached hydrogens (tertiary/aromatic N) is 3. The highest BCUT2D eigenvalue weighted by Gasteiger charge is 2.41. The van der Waals surface area contributed by atoms with E-state index in [1.54, 1.807) is 0 Å². The third-order valence-corrected chi connectivity index (χ3v) is 13.5. The molecule has 0 radical (unpaired) electrons. The van der Waals surface area contributed by atoms with E-state index in [2.05, 4.69) is 145 Å². The summed E-state index contributed by atoms with van der Waals surface area (Å²) in [4.78, 5) is 10.6. The largest absolute Gasteiger partial charge is 0.456 e. The number of rotatable bonds is 3. The summed E-state index contributed by atoms with van der Waals surface area (Å²) >= 11 is 0. The van der Waals surface area contributed by atoms with Crippen molar-refractivity contribution in [3.8, 4) is 39.6 Å². The Morgan fingerprint density at radius 1 is 0.553 bits per heavy atom. The molecule has 6 aromatic carbocycles. The molecule has 10 rings (SSSR count). The molecular weight excluding hydrogens is 591 g/mol. The first-order chi connectivity index (χ1) is 23.1. The van der Waals surface area contributed by atoms with Gasteiger partial charge in [0.2, 0.25) is 0 Å². The summed E-state index contributed by atoms with van der Waals surface area (Å²) in [5.74, 6) is 0.765. The standard InChI is InChI=1S/C42H29N3OSi/c1-47(2)36-19-11-8-16-32(36)39-41(47)38(43-42(44-39)27-12-4-3-5-13-27)26-20-22-28(23-21-26)45-33-17-9-6-14-29(33)30-24-25-35-37(40(30)45)31-15-7-10-18-34(31)46-35/h3-25H,1-2H3. The average Bonchev–Trinajstić information content (AvgIpc) is 3.74. The Balaban J connectivity index is 1.22. The van der Waals surface area contributed by atoms with Crippen LogP contribution in [0.3, 0.4) is 0 Å². The SMILES string of the molecule is C[Si]1(C)c2ccccc2-c2nc(-c3ccccc3)nc(-c3ccc(-n4c5ccccc5c5ccc6oc7ccccc7c6c54)cc3)c21. The van der Waals surface area contributed by atoms with Crippen molar-refractivity contribution in [2.45, 2.75) is 13.1 Å². The molecule has 9 aromatic rings. The molecule has 1 aliphatic heterocycles. The summed E-state index contributed by atoms with van der Waals surface area (Å²) in [6.07, 6.45) is 0. The Bertz CT molecular complexity index is 2700. The van der Waals surface area contributed by atoms with E-state index in [1.165, 1.54) is 37.7 Å². The molecule has 0 N–H and O–H groups in total. The van der Waals surface area contributed by atoms with Crippen LogP contribution >= 0.6 is 0 Å². The topological polar surface area (TPSA) is 43.9 Å². The summed E-state index contributed by atoms with van der Waals surface area (Å²) in [6, 6.07) is 49.5. The lowest BCUT2D eigenvalue weighted by Gasteiger charge is -2.22. The first-order valence-electron chi connectivity index (χ1n) is 16.1. The van der Waals surface area contributed by atoms with Crippen molar-refractivity contribution >= 4 is 62.2 Å². The van der Waals surface area contributed by atoms with Gasteiger partial charge in [-0.05, 0) is 52.3 Å². The minimum absolute atomic E-state index is 0.765. The fourth-order valence-corrected chi connectivity index (χ4v) is 11.1. The summed E-state index contributed by atoms with van der Waals surface area (Å²) in [7, 11) is -2.06. The maximum Gasteiger partial charge on any atom is 0.160 e. The summed E-state index contributed by atoms with van der Waals surface area (Å²) in [6.45, 7) is 4.86. The van der Waals surface area contributed by atoms with Crippen LogP contribution in [0, 0.1) is 0 Å². The zero-order valence-corrected chi connectivity index (χ0v) is 27.0. The molecule has 5 heteroatoms. The molecule has 4 heterocycles. The predicted molar refractivity (Wildman–Crippen MR) is 197 cm³/mol. The van der Waals surface area contributed by atoms with Gasteiger partial charge in [0.05, 0.1) is 27.8 Å². The van der Waals surface area contributed by atoms with Crippen LogP contribution in [0.4, 0.5) is 0 Å². The van der Waals surface area contributed by atoms with Gasteiger partial charge in [-0.1, -0.05) is 116 Å². The fourth-order valence-electron chi connectivity index (χ4n) is 7.84. The summed E-state index contributed by atoms with van der Waals surface area (Å²) in [5.41, 5.74) is 10.8. The fraction of sp³-hybridized carbons (Fsp3) is 0.0476. The number of para-hydroxylation sites is 2. The van der Waals surface area contributed by atoms with Crippen LogP contribution in [-0.2, 0) is 0 Å². The van der Waals surface area contributed by atoms with E-state index >= 15 is 0 Å². The third-order valence-electron chi connectivity index (χ3n) is 10.00. The maximum atomic E-state index is 6.34. The number of benzene rings is 6. The van der Waals surface area contributed by atoms with Gasteiger partial charge in [-0.25, -0.2) is 9.97 Å². The number of furan rings is 1. The van der Waals surface area contributed by atoms with Gasteiger partial charge in [-0.15, -0.1) is 0 Å². The molecule has 3 aromatic heterocycles. The van der Waals surface area contributed by atoms with Crippen LogP contribution < -0.4 is 10.4 Å². The zero-order valence-electron chi connectivity index (χ0n) is 26.0. The van der Waals surface area contributed by atoms with Crippen molar-refractivity contribution in [2.24, 2.45) is 0 Å². The van der Waals surface area contributed by atoms with E-state index in [4.69, 9.17) is 14.4 Å². The highest BCUT2D eigenvalue weighted by molar-refractivity contribution is 7.04. The van der Waals surface area contributed by atoms with E-state index in [0.29, 0.717) is 0 Å². The van der Waals surface area contributed by atoms with Crippen molar-refractivity contribution in [3.63, 3.8) is 0 Å². The minimum atomic E-state index is -2.06. The third kappa shape index (κ3) is 3.69. The van der Waals surface area contributed by atoms with Crippen LogP contribution in [0.1, 0.15) is 0 Å². The van der Waals surface area contributed by atoms with Crippen LogP contribution in [0.2, 0.25) is 13.1 Å². The molecule has 0 fully saturated rings. The van der Waals surface area contributed by atoms with Gasteiger partial charge in [-0.3, -0.25) is 0 Å². The van der Waals surface area contributed by atoms with Gasteiger partial charge < -0.3 is 8.98 Å². The second-order valence-electron chi connectivity index (χ2n) is 13.0. The maximum absolute atomic E-state index is 6.34. The van der Waals surface area contributed by atoms with Crippen molar-refractivity contribution < 1.29 is 4.42 Å². The van der Waals surface area contributed by atoms with Crippen LogP contribution in [0.5, 0.6) is 0 Å². The second kappa shape index (κ2) is 9.61. The summed E-state index contributed by atoms with van der Waals surface area (Å²) < 4.78 is 8.73. The van der Waals surface area contributed by atoms with Crippen molar-refractivity contribution in [2.75, 3.05) is 0 Å². The lowest BCUT2D eigenvalue weighted by molar-refractivity contribution is 0.669. The highest BCUT2D eigenvalue weighted by Crippen LogP contribution is 2.41. The van der Waals surface area contributed by atoms with E-state index in [9.17, 15) is 0 Å². The van der Waals surface area contributed by atoms with Crippen LogP contribution in [0.25, 0.3) is 83.3 Å². The Hall–Kier alpha value is -5.78. The second-order valence-corrected chi connectivity index (χ2v) is 17.3. The molecule has 0 spiro atoms. The number of fused-ring (bicyclic) bond motifs is 10. The van der Waals surface area contributed by atoms with E-state index in [1.807, 2.05) is 12.1 Å². The van der Waals surface area contributed by atoms with Gasteiger partial charge in [0, 0.05) is 33.0 Å². The lowest BCUT2D eigenvalue weighted by atomic mass is 10.1. The molecule has 0 amide bonds. The molecule has 1 aliphatic rings. The predicted octanol–water partition coefficient (Wildman–Crippen LogP) is 9.61. The molecular formula is C42H29N3OSi. The average molecular weight is 620 g/mol. The van der Waals surface area contributed by atoms with Crippen molar-refractivity contribution in [1.82, 2.24) is 14.5 Å². The van der Waals surface area contributed by atoms with Crippen LogP contribution in [-0.4, -0.2) is 22.6 Å². The first kappa shape index (κ1) is 26.4. The van der Waals surface area contributed by atoms with Crippen LogP contribution in [0.15, 0.2) is 144 Å². The number of aromatic nitrogens is 3. The quantitative estimate of drug-likeness (QED) is 0.185. The molecule has 4 nitrogen and oxygen atoms in total. The first-order valence-corrected chi connectivity index (χ1v) is 19.1. The van der Waals surface area contributed by atoms with E-state index in [-0.39, 0.29) is 0 Å².